The summed E-state index contributed by atoms with van der Waals surface area (Å²) in [6.07, 6.45) is 1.03. The van der Waals surface area contributed by atoms with E-state index in [0.29, 0.717) is 5.92 Å². The van der Waals surface area contributed by atoms with Gasteiger partial charge in [-0.15, -0.1) is 12.4 Å². The molecule has 0 saturated heterocycles. The van der Waals surface area contributed by atoms with E-state index in [1.165, 1.54) is 5.56 Å². The van der Waals surface area contributed by atoms with Crippen molar-refractivity contribution in [1.29, 1.82) is 0 Å². The molecule has 1 aromatic carbocycles. The molecule has 1 amide bonds. The number of aryl methyl sites for hydroxylation is 1. The molecule has 1 rings (SSSR count). The number of hydrogen-bond donors (Lipinski definition) is 2. The second kappa shape index (κ2) is 8.18. The van der Waals surface area contributed by atoms with E-state index >= 15 is 0 Å². The van der Waals surface area contributed by atoms with Gasteiger partial charge in [0.1, 0.15) is 0 Å². The van der Waals surface area contributed by atoms with Crippen LogP contribution in [0.5, 0.6) is 0 Å². The second-order valence-corrected chi connectivity index (χ2v) is 5.11. The van der Waals surface area contributed by atoms with Gasteiger partial charge in [0.2, 0.25) is 5.91 Å². The van der Waals surface area contributed by atoms with Crippen molar-refractivity contribution in [3.8, 4) is 0 Å². The topological polar surface area (TPSA) is 55.1 Å². The Hall–Kier alpha value is -1.06. The van der Waals surface area contributed by atoms with Crippen LogP contribution in [0.25, 0.3) is 0 Å². The fourth-order valence-electron chi connectivity index (χ4n) is 1.88. The minimum atomic E-state index is -0.471. The van der Waals surface area contributed by atoms with Crippen LogP contribution in [0.2, 0.25) is 0 Å². The fraction of sp³-hybridized carbons (Fsp3) is 0.533. The Morgan fingerprint density at radius 1 is 1.21 bits per heavy atom. The van der Waals surface area contributed by atoms with Crippen LogP contribution in [0.3, 0.4) is 0 Å². The van der Waals surface area contributed by atoms with Crippen molar-refractivity contribution in [3.63, 3.8) is 0 Å². The molecule has 4 heteroatoms. The lowest BCUT2D eigenvalue weighted by Crippen LogP contribution is -2.41. The summed E-state index contributed by atoms with van der Waals surface area (Å²) >= 11 is 0. The molecular formula is C15H25ClN2O. The van der Waals surface area contributed by atoms with Crippen molar-refractivity contribution < 1.29 is 4.79 Å². The van der Waals surface area contributed by atoms with E-state index in [1.54, 1.807) is 6.92 Å². The minimum Gasteiger partial charge on any atom is -0.348 e. The van der Waals surface area contributed by atoms with Crippen LogP contribution >= 0.6 is 12.4 Å². The van der Waals surface area contributed by atoms with Crippen LogP contribution < -0.4 is 11.1 Å². The van der Waals surface area contributed by atoms with E-state index in [2.05, 4.69) is 50.4 Å². The highest BCUT2D eigenvalue weighted by Crippen LogP contribution is 2.22. The van der Waals surface area contributed by atoms with Gasteiger partial charge in [0.25, 0.3) is 0 Å². The summed E-state index contributed by atoms with van der Waals surface area (Å²) in [5, 5.41) is 3.01. The third kappa shape index (κ3) is 5.21. The Morgan fingerprint density at radius 2 is 1.74 bits per heavy atom. The summed E-state index contributed by atoms with van der Waals surface area (Å²) in [4.78, 5) is 11.7. The molecule has 0 spiro atoms. The largest absolute Gasteiger partial charge is 0.348 e. The average Bonchev–Trinajstić information content (AvgIpc) is 2.35. The summed E-state index contributed by atoms with van der Waals surface area (Å²) in [6.45, 7) is 8.03. The third-order valence-corrected chi connectivity index (χ3v) is 3.13. The van der Waals surface area contributed by atoms with Crippen molar-refractivity contribution >= 4 is 18.3 Å². The van der Waals surface area contributed by atoms with Gasteiger partial charge >= 0.3 is 0 Å². The summed E-state index contributed by atoms with van der Waals surface area (Å²) in [5.74, 6) is 0.230. The molecule has 1 aromatic rings. The van der Waals surface area contributed by atoms with Gasteiger partial charge < -0.3 is 11.1 Å². The zero-order valence-corrected chi connectivity index (χ0v) is 13.0. The maximum absolute atomic E-state index is 11.7. The number of amides is 1. The predicted molar refractivity (Wildman–Crippen MR) is 82.4 cm³/mol. The monoisotopic (exact) mass is 284 g/mol. The number of nitrogens with one attached hydrogen (secondary N) is 1. The number of nitrogens with two attached hydrogens (primary N) is 1. The normalized spacial score (nSPS) is 13.6. The Labute approximate surface area is 122 Å². The predicted octanol–water partition coefficient (Wildman–Crippen LogP) is 2.83. The first-order chi connectivity index (χ1) is 8.45. The molecule has 108 valence electrons. The molecule has 0 heterocycles. The van der Waals surface area contributed by atoms with Gasteiger partial charge in [0, 0.05) is 0 Å². The molecule has 0 aliphatic heterocycles. The molecular weight excluding hydrogens is 260 g/mol. The van der Waals surface area contributed by atoms with Crippen LogP contribution in [0.15, 0.2) is 24.3 Å². The number of rotatable bonds is 5. The Kier molecular flexibility index (Phi) is 7.72. The molecule has 3 nitrogen and oxygen atoms in total. The SMILES string of the molecule is CCc1ccc(C(NC(=O)C(C)N)C(C)C)cc1.Cl. The Bertz CT molecular complexity index is 388. The molecule has 0 bridgehead atoms. The molecule has 0 radical (unpaired) electrons. The molecule has 0 aliphatic rings. The van der Waals surface area contributed by atoms with Gasteiger partial charge in [-0.25, -0.2) is 0 Å². The maximum atomic E-state index is 11.7. The van der Waals surface area contributed by atoms with Crippen molar-refractivity contribution in [2.45, 2.75) is 46.2 Å². The zero-order valence-electron chi connectivity index (χ0n) is 12.1. The van der Waals surface area contributed by atoms with Crippen molar-refractivity contribution in [3.05, 3.63) is 35.4 Å². The van der Waals surface area contributed by atoms with Crippen LogP contribution in [-0.4, -0.2) is 11.9 Å². The van der Waals surface area contributed by atoms with Gasteiger partial charge in [0.05, 0.1) is 12.1 Å². The van der Waals surface area contributed by atoms with Crippen LogP contribution in [0.1, 0.15) is 44.9 Å². The average molecular weight is 285 g/mol. The maximum Gasteiger partial charge on any atom is 0.237 e. The molecule has 2 unspecified atom stereocenters. The lowest BCUT2D eigenvalue weighted by atomic mass is 9.94. The van der Waals surface area contributed by atoms with Gasteiger partial charge in [-0.05, 0) is 30.4 Å². The van der Waals surface area contributed by atoms with E-state index in [1.807, 2.05) is 0 Å². The van der Waals surface area contributed by atoms with Crippen molar-refractivity contribution in [2.24, 2.45) is 11.7 Å². The number of carbonyl (C=O) groups excluding carboxylic acids is 1. The lowest BCUT2D eigenvalue weighted by Gasteiger charge is -2.24. The van der Waals surface area contributed by atoms with Crippen molar-refractivity contribution in [2.75, 3.05) is 0 Å². The number of hydrogen-bond acceptors (Lipinski definition) is 2. The first kappa shape index (κ1) is 17.9. The third-order valence-electron chi connectivity index (χ3n) is 3.13. The highest BCUT2D eigenvalue weighted by atomic mass is 35.5. The highest BCUT2D eigenvalue weighted by molar-refractivity contribution is 5.85. The molecule has 19 heavy (non-hydrogen) atoms. The lowest BCUT2D eigenvalue weighted by molar-refractivity contribution is -0.123. The zero-order chi connectivity index (χ0) is 13.7. The smallest absolute Gasteiger partial charge is 0.237 e. The summed E-state index contributed by atoms with van der Waals surface area (Å²) in [5.41, 5.74) is 8.04. The summed E-state index contributed by atoms with van der Waals surface area (Å²) in [6, 6.07) is 7.96. The van der Waals surface area contributed by atoms with E-state index in [9.17, 15) is 4.79 Å². The standard InChI is InChI=1S/C15H24N2O.ClH/c1-5-12-6-8-13(9-7-12)14(10(2)3)17-15(18)11(4)16;/h6-11,14H,5,16H2,1-4H3,(H,17,18);1H. The molecule has 0 aromatic heterocycles. The second-order valence-electron chi connectivity index (χ2n) is 5.11. The molecule has 3 N–H and O–H groups in total. The molecule has 0 aliphatic carbocycles. The molecule has 0 saturated carbocycles. The quantitative estimate of drug-likeness (QED) is 0.873. The highest BCUT2D eigenvalue weighted by Gasteiger charge is 2.19. The Morgan fingerprint density at radius 3 is 2.11 bits per heavy atom. The van der Waals surface area contributed by atoms with Crippen LogP contribution in [0.4, 0.5) is 0 Å². The van der Waals surface area contributed by atoms with E-state index in [0.717, 1.165) is 12.0 Å². The number of benzene rings is 1. The first-order valence-corrected chi connectivity index (χ1v) is 6.60. The van der Waals surface area contributed by atoms with Crippen LogP contribution in [0, 0.1) is 5.92 Å². The fourth-order valence-corrected chi connectivity index (χ4v) is 1.88. The minimum absolute atomic E-state index is 0. The molecule has 2 atom stereocenters. The van der Waals surface area contributed by atoms with Gasteiger partial charge in [-0.2, -0.15) is 0 Å². The van der Waals surface area contributed by atoms with Gasteiger partial charge in [-0.3, -0.25) is 4.79 Å². The van der Waals surface area contributed by atoms with Gasteiger partial charge in [0.15, 0.2) is 0 Å². The van der Waals surface area contributed by atoms with Crippen molar-refractivity contribution in [1.82, 2.24) is 5.32 Å². The summed E-state index contributed by atoms with van der Waals surface area (Å²) < 4.78 is 0. The first-order valence-electron chi connectivity index (χ1n) is 6.60. The van der Waals surface area contributed by atoms with E-state index < -0.39 is 6.04 Å². The number of halogens is 1. The van der Waals surface area contributed by atoms with E-state index in [-0.39, 0.29) is 24.4 Å². The van der Waals surface area contributed by atoms with Gasteiger partial charge in [-0.1, -0.05) is 45.0 Å². The molecule has 0 fully saturated rings. The number of carbonyl (C=O) groups is 1. The van der Waals surface area contributed by atoms with Crippen LogP contribution in [-0.2, 0) is 11.2 Å². The summed E-state index contributed by atoms with van der Waals surface area (Å²) in [7, 11) is 0. The Balaban J connectivity index is 0.00000324. The van der Waals surface area contributed by atoms with E-state index in [4.69, 9.17) is 5.73 Å².